The summed E-state index contributed by atoms with van der Waals surface area (Å²) in [5.74, 6) is -1.66. The molecule has 2 aromatic heterocycles. The van der Waals surface area contributed by atoms with Gasteiger partial charge in [-0.15, -0.1) is 0 Å². The fraction of sp³-hybridized carbons (Fsp3) is 0.621. The van der Waals surface area contributed by atoms with Crippen LogP contribution in [0.15, 0.2) is 18.5 Å². The molecule has 1 aliphatic heterocycles. The van der Waals surface area contributed by atoms with Crippen LogP contribution in [0.3, 0.4) is 0 Å². The van der Waals surface area contributed by atoms with Crippen molar-refractivity contribution in [3.63, 3.8) is 0 Å². The number of piperidine rings is 1. The number of aromatic nitrogens is 2. The number of ether oxygens (including phenoxy) is 2. The summed E-state index contributed by atoms with van der Waals surface area (Å²) in [6.45, 7) is 20.4. The first-order valence-electron chi connectivity index (χ1n) is 13.4. The van der Waals surface area contributed by atoms with Gasteiger partial charge in [0.15, 0.2) is 11.9 Å². The molecular weight excluding hydrogens is 501 g/mol. The lowest BCUT2D eigenvalue weighted by molar-refractivity contribution is -0.160. The van der Waals surface area contributed by atoms with Crippen LogP contribution >= 0.6 is 0 Å². The van der Waals surface area contributed by atoms with E-state index >= 15 is 4.39 Å². The Morgan fingerprint density at radius 3 is 2.34 bits per heavy atom. The fourth-order valence-corrected chi connectivity index (χ4v) is 5.24. The zero-order valence-electron chi connectivity index (χ0n) is 24.4. The molecule has 1 atom stereocenters. The van der Waals surface area contributed by atoms with Crippen molar-refractivity contribution in [2.24, 2.45) is 5.41 Å². The summed E-state index contributed by atoms with van der Waals surface area (Å²) < 4.78 is 26.9. The van der Waals surface area contributed by atoms with Gasteiger partial charge in [0.05, 0.1) is 17.9 Å². The van der Waals surface area contributed by atoms with Crippen LogP contribution in [0.25, 0.3) is 11.1 Å². The lowest BCUT2D eigenvalue weighted by Crippen LogP contribution is -2.39. The zero-order chi connectivity index (χ0) is 28.5. The third kappa shape index (κ3) is 7.76. The van der Waals surface area contributed by atoms with Gasteiger partial charge in [-0.25, -0.2) is 14.2 Å². The molecule has 0 amide bonds. The van der Waals surface area contributed by atoms with E-state index in [4.69, 9.17) is 9.47 Å². The maximum absolute atomic E-state index is 15.2. The number of carboxylic acid groups (broad SMARTS) is 1. The molecule has 3 heterocycles. The molecule has 0 unspecified atom stereocenters. The summed E-state index contributed by atoms with van der Waals surface area (Å²) in [6.07, 6.45) is 3.94. The molecule has 0 spiro atoms. The van der Waals surface area contributed by atoms with E-state index in [1.54, 1.807) is 19.3 Å². The number of carbonyl (C=O) groups is 1. The van der Waals surface area contributed by atoms with Gasteiger partial charge in [-0.05, 0) is 58.1 Å². The average Bonchev–Trinajstić information content (AvgIpc) is 2.77. The maximum Gasteiger partial charge on any atom is 0.337 e. The normalized spacial score (nSPS) is 16.8. The molecule has 0 aliphatic carbocycles. The van der Waals surface area contributed by atoms with Crippen molar-refractivity contribution < 1.29 is 23.8 Å². The van der Waals surface area contributed by atoms with E-state index in [0.29, 0.717) is 29.0 Å². The summed E-state index contributed by atoms with van der Waals surface area (Å²) in [4.78, 5) is 23.6. The molecule has 0 aromatic carbocycles. The maximum atomic E-state index is 15.2. The Morgan fingerprint density at radius 1 is 1.18 bits per heavy atom. The number of hydrogen-bond donors (Lipinski definition) is 1. The van der Waals surface area contributed by atoms with Crippen LogP contribution in [0, 0.1) is 18.2 Å². The van der Waals surface area contributed by atoms with Gasteiger partial charge in [0, 0.05) is 55.9 Å². The third-order valence-electron chi connectivity index (χ3n) is 6.89. The number of nitrogens with zero attached hydrogens (tertiary/aromatic N) is 3. The predicted molar refractivity (Wildman–Crippen MR) is 152 cm³/mol. The van der Waals surface area contributed by atoms with Crippen LogP contribution < -0.4 is 9.64 Å². The number of halogens is 1. The average molecular weight is 546 g/mol. The highest BCUT2D eigenvalue weighted by Gasteiger charge is 2.36. The van der Waals surface area contributed by atoms with E-state index in [1.165, 1.54) is 6.07 Å². The monoisotopic (exact) mass is 545 g/mol. The number of aryl methyl sites for hydroxylation is 1. The summed E-state index contributed by atoms with van der Waals surface area (Å²) in [5, 5.41) is 10.2. The van der Waals surface area contributed by atoms with Crippen LogP contribution in [-0.4, -0.2) is 54.4 Å². The van der Waals surface area contributed by atoms with Gasteiger partial charge in [-0.2, -0.15) is 0 Å². The molecule has 0 saturated carbocycles. The summed E-state index contributed by atoms with van der Waals surface area (Å²) in [5.41, 5.74) is 2.44. The number of anilines is 1. The lowest BCUT2D eigenvalue weighted by atomic mass is 9.82. The van der Waals surface area contributed by atoms with Gasteiger partial charge in [0.25, 0.3) is 0 Å². The predicted octanol–water partition coefficient (Wildman–Crippen LogP) is 6.88. The molecule has 210 valence electrons. The van der Waals surface area contributed by atoms with Crippen LogP contribution in [0.2, 0.25) is 25.7 Å². The second kappa shape index (κ2) is 11.3. The minimum absolute atomic E-state index is 0.0203. The summed E-state index contributed by atoms with van der Waals surface area (Å²) in [6, 6.07) is 2.31. The zero-order valence-corrected chi connectivity index (χ0v) is 25.4. The number of hydrogen-bond acceptors (Lipinski definition) is 6. The minimum atomic E-state index is -1.33. The largest absolute Gasteiger partial charge is 0.479 e. The van der Waals surface area contributed by atoms with Crippen molar-refractivity contribution in [3.8, 4) is 17.0 Å². The summed E-state index contributed by atoms with van der Waals surface area (Å²) in [7, 11) is -1.33. The molecule has 9 heteroatoms. The van der Waals surface area contributed by atoms with Gasteiger partial charge in [-0.3, -0.25) is 4.98 Å². The van der Waals surface area contributed by atoms with E-state index in [9.17, 15) is 9.90 Å². The van der Waals surface area contributed by atoms with Gasteiger partial charge in [0.2, 0.25) is 5.88 Å². The molecule has 0 radical (unpaired) electrons. The Hall–Kier alpha value is -2.52. The molecule has 1 fully saturated rings. The number of carboxylic acids is 1. The van der Waals surface area contributed by atoms with Crippen LogP contribution in [0.4, 0.5) is 10.1 Å². The molecule has 0 bridgehead atoms. The van der Waals surface area contributed by atoms with E-state index < -0.39 is 31.6 Å². The van der Waals surface area contributed by atoms with Crippen LogP contribution in [0.1, 0.15) is 64.8 Å². The smallest absolute Gasteiger partial charge is 0.337 e. The van der Waals surface area contributed by atoms with Gasteiger partial charge in [0.1, 0.15) is 0 Å². The Morgan fingerprint density at radius 2 is 1.82 bits per heavy atom. The minimum Gasteiger partial charge on any atom is -0.479 e. The molecule has 38 heavy (non-hydrogen) atoms. The van der Waals surface area contributed by atoms with Crippen LogP contribution in [-0.2, 0) is 9.53 Å². The molecule has 1 aliphatic rings. The Kier molecular flexibility index (Phi) is 8.93. The number of aliphatic carboxylic acids is 1. The molecule has 3 rings (SSSR count). The molecular formula is C29H44FN3O4Si. The highest BCUT2D eigenvalue weighted by molar-refractivity contribution is 6.76. The van der Waals surface area contributed by atoms with Gasteiger partial charge in [-0.1, -0.05) is 33.5 Å². The van der Waals surface area contributed by atoms with Gasteiger partial charge >= 0.3 is 5.97 Å². The topological polar surface area (TPSA) is 84.8 Å². The standard InChI is InChI=1S/C29H44FN3O4Si/c1-19-23(25(27(34)35)37-28(2,3)4)24(33-12-10-29(5,6)11-13-33)21(18-31-19)20-16-22(30)26(32-17-20)36-14-15-38(7,8)9/h16-18,25H,10-15H2,1-9H3,(H,34,35)/t25-/m0/s1. The van der Waals surface area contributed by atoms with E-state index in [1.807, 2.05) is 20.8 Å². The second-order valence-electron chi connectivity index (χ2n) is 13.3. The SMILES string of the molecule is Cc1ncc(-c2cnc(OCC[Si](C)(C)C)c(F)c2)c(N2CCC(C)(C)CC2)c1[C@H](OC(C)(C)C)C(=O)O. The quantitative estimate of drug-likeness (QED) is 0.344. The first-order valence-corrected chi connectivity index (χ1v) is 17.1. The fourth-order valence-electron chi connectivity index (χ4n) is 4.53. The Bertz CT molecular complexity index is 1150. The van der Waals surface area contributed by atoms with Crippen molar-refractivity contribution in [2.45, 2.75) is 91.8 Å². The summed E-state index contributed by atoms with van der Waals surface area (Å²) >= 11 is 0. The number of pyridine rings is 2. The lowest BCUT2D eigenvalue weighted by Gasteiger charge is -2.40. The highest BCUT2D eigenvalue weighted by Crippen LogP contribution is 2.43. The van der Waals surface area contributed by atoms with Crippen LogP contribution in [0.5, 0.6) is 5.88 Å². The molecule has 1 saturated heterocycles. The van der Waals surface area contributed by atoms with Gasteiger partial charge < -0.3 is 19.5 Å². The van der Waals surface area contributed by atoms with Crippen molar-refractivity contribution in [3.05, 3.63) is 35.5 Å². The van der Waals surface area contributed by atoms with E-state index in [0.717, 1.165) is 37.7 Å². The van der Waals surface area contributed by atoms with E-state index in [-0.39, 0.29) is 11.3 Å². The Labute approximate surface area is 227 Å². The molecule has 7 nitrogen and oxygen atoms in total. The van der Waals surface area contributed by atoms with E-state index in [2.05, 4.69) is 48.4 Å². The van der Waals surface area contributed by atoms with Crippen molar-refractivity contribution in [2.75, 3.05) is 24.6 Å². The van der Waals surface area contributed by atoms with Crippen molar-refractivity contribution >= 4 is 19.7 Å². The molecule has 1 N–H and O–H groups in total. The Balaban J connectivity index is 2.12. The molecule has 2 aromatic rings. The first-order chi connectivity index (χ1) is 17.5. The second-order valence-corrected chi connectivity index (χ2v) is 18.9. The van der Waals surface area contributed by atoms with Crippen molar-refractivity contribution in [1.82, 2.24) is 9.97 Å². The third-order valence-corrected chi connectivity index (χ3v) is 8.59. The van der Waals surface area contributed by atoms with Crippen molar-refractivity contribution in [1.29, 1.82) is 0 Å². The number of rotatable bonds is 9. The first kappa shape index (κ1) is 30.0. The highest BCUT2D eigenvalue weighted by atomic mass is 28.3.